The molecule has 25 heavy (non-hydrogen) atoms. The van der Waals surface area contributed by atoms with Crippen molar-refractivity contribution in [3.05, 3.63) is 53.1 Å². The average Bonchev–Trinajstić information content (AvgIpc) is 2.49. The number of aliphatic hydroxyl groups is 1. The molecule has 0 saturated carbocycles. The summed E-state index contributed by atoms with van der Waals surface area (Å²) in [6.45, 7) is 0. The molecule has 1 unspecified atom stereocenters. The molecule has 3 rings (SSSR count). The predicted molar refractivity (Wildman–Crippen MR) is 79.5 cm³/mol. The van der Waals surface area contributed by atoms with Gasteiger partial charge in [-0.15, -0.1) is 0 Å². The molecule has 134 valence electrons. The van der Waals surface area contributed by atoms with Crippen molar-refractivity contribution in [2.75, 3.05) is 5.75 Å². The Hall–Kier alpha value is -2.13. The highest BCUT2D eigenvalue weighted by Crippen LogP contribution is 2.44. The molecule has 0 bridgehead atoms. The van der Waals surface area contributed by atoms with Crippen LogP contribution in [0.25, 0.3) is 0 Å². The summed E-state index contributed by atoms with van der Waals surface area (Å²) in [5, 5.41) is 10.0. The van der Waals surface area contributed by atoms with Gasteiger partial charge >= 0.3 is 0 Å². The van der Waals surface area contributed by atoms with Crippen molar-refractivity contribution >= 4 is 9.84 Å². The normalized spacial score (nSPS) is 18.9. The Morgan fingerprint density at radius 1 is 1.12 bits per heavy atom. The maximum absolute atomic E-state index is 13.6. The van der Waals surface area contributed by atoms with Crippen molar-refractivity contribution in [2.24, 2.45) is 0 Å². The van der Waals surface area contributed by atoms with Crippen molar-refractivity contribution in [3.63, 3.8) is 0 Å². The first kappa shape index (κ1) is 17.7. The summed E-state index contributed by atoms with van der Waals surface area (Å²) < 4.78 is 82.9. The topological polar surface area (TPSA) is 63.6 Å². The molecule has 0 aliphatic carbocycles. The Morgan fingerprint density at radius 3 is 2.36 bits per heavy atom. The number of benzene rings is 2. The zero-order valence-corrected chi connectivity index (χ0v) is 13.4. The van der Waals surface area contributed by atoms with E-state index in [1.54, 1.807) is 0 Å². The molecular formula is C16H12F4O4S. The Kier molecular flexibility index (Phi) is 4.46. The first-order valence-electron chi connectivity index (χ1n) is 7.19. The van der Waals surface area contributed by atoms with E-state index >= 15 is 0 Å². The third kappa shape index (κ3) is 3.34. The van der Waals surface area contributed by atoms with Gasteiger partial charge in [-0.2, -0.15) is 0 Å². The highest BCUT2D eigenvalue weighted by Gasteiger charge is 2.35. The minimum Gasteiger partial charge on any atom is -0.457 e. The number of fused-ring (bicyclic) bond motifs is 1. The number of aliphatic hydroxyl groups excluding tert-OH is 1. The van der Waals surface area contributed by atoms with Crippen molar-refractivity contribution in [1.29, 1.82) is 0 Å². The van der Waals surface area contributed by atoms with Gasteiger partial charge < -0.3 is 9.84 Å². The maximum Gasteiger partial charge on any atom is 0.267 e. The number of sulfone groups is 1. The zero-order valence-electron chi connectivity index (χ0n) is 12.5. The number of halogens is 4. The first-order chi connectivity index (χ1) is 11.7. The van der Waals surface area contributed by atoms with Gasteiger partial charge in [-0.1, -0.05) is 0 Å². The van der Waals surface area contributed by atoms with Crippen LogP contribution in [0.5, 0.6) is 11.5 Å². The monoisotopic (exact) mass is 376 g/mol. The fourth-order valence-corrected chi connectivity index (χ4v) is 4.37. The van der Waals surface area contributed by atoms with E-state index in [4.69, 9.17) is 4.74 Å². The SMILES string of the molecule is O=S1(=O)CCC(O)c2c1ccc(Oc1cc(F)cc(F)c1)c2C(F)F. The summed E-state index contributed by atoms with van der Waals surface area (Å²) in [5.74, 6) is -3.13. The Balaban J connectivity index is 2.17. The fraction of sp³-hybridized carbons (Fsp3) is 0.250. The van der Waals surface area contributed by atoms with E-state index in [2.05, 4.69) is 0 Å². The maximum atomic E-state index is 13.6. The van der Waals surface area contributed by atoms with E-state index in [-0.39, 0.29) is 22.8 Å². The molecule has 0 saturated heterocycles. The lowest BCUT2D eigenvalue weighted by Crippen LogP contribution is -2.22. The highest BCUT2D eigenvalue weighted by molar-refractivity contribution is 7.91. The summed E-state index contributed by atoms with van der Waals surface area (Å²) in [6, 6.07) is 4.21. The molecule has 0 spiro atoms. The van der Waals surface area contributed by atoms with Gasteiger partial charge in [0.15, 0.2) is 9.84 Å². The molecule has 1 N–H and O–H groups in total. The Bertz CT molecular complexity index is 908. The van der Waals surface area contributed by atoms with Gasteiger partial charge in [0.1, 0.15) is 23.1 Å². The molecule has 1 aliphatic rings. The molecule has 0 radical (unpaired) electrons. The summed E-state index contributed by atoms with van der Waals surface area (Å²) in [7, 11) is -3.80. The fourth-order valence-electron chi connectivity index (χ4n) is 2.76. The second-order valence-electron chi connectivity index (χ2n) is 5.52. The van der Waals surface area contributed by atoms with Crippen LogP contribution in [0.3, 0.4) is 0 Å². The van der Waals surface area contributed by atoms with Crippen molar-refractivity contribution in [3.8, 4) is 11.5 Å². The Labute approximate surface area is 140 Å². The summed E-state index contributed by atoms with van der Waals surface area (Å²) in [6.07, 6.45) is -4.80. The quantitative estimate of drug-likeness (QED) is 0.825. The third-order valence-corrected chi connectivity index (χ3v) is 5.62. The van der Waals surface area contributed by atoms with Gasteiger partial charge in [-0.05, 0) is 18.6 Å². The number of hydrogen-bond donors (Lipinski definition) is 1. The summed E-state index contributed by atoms with van der Waals surface area (Å²) in [4.78, 5) is -0.390. The van der Waals surface area contributed by atoms with Crippen LogP contribution in [-0.2, 0) is 9.84 Å². The van der Waals surface area contributed by atoms with E-state index in [9.17, 15) is 31.1 Å². The van der Waals surface area contributed by atoms with Crippen LogP contribution in [-0.4, -0.2) is 19.3 Å². The van der Waals surface area contributed by atoms with Crippen LogP contribution in [0, 0.1) is 11.6 Å². The standard InChI is InChI=1S/C16H12F4O4S/c17-8-5-9(18)7-10(6-8)24-12-1-2-13-14(15(12)16(19)20)11(21)3-4-25(13,22)23/h1-2,5-7,11,16,21H,3-4H2. The number of hydrogen-bond acceptors (Lipinski definition) is 4. The lowest BCUT2D eigenvalue weighted by atomic mass is 9.99. The molecule has 0 amide bonds. The predicted octanol–water partition coefficient (Wildman–Crippen LogP) is 3.91. The third-order valence-electron chi connectivity index (χ3n) is 3.82. The van der Waals surface area contributed by atoms with Crippen LogP contribution < -0.4 is 4.74 Å². The van der Waals surface area contributed by atoms with Crippen molar-refractivity contribution in [1.82, 2.24) is 0 Å². The molecular weight excluding hydrogens is 364 g/mol. The molecule has 2 aromatic carbocycles. The minimum absolute atomic E-state index is 0.229. The van der Waals surface area contributed by atoms with Crippen LogP contribution in [0.4, 0.5) is 17.6 Å². The van der Waals surface area contributed by atoms with Gasteiger partial charge in [0.05, 0.1) is 22.3 Å². The average molecular weight is 376 g/mol. The molecule has 9 heteroatoms. The molecule has 1 heterocycles. The van der Waals surface area contributed by atoms with Gasteiger partial charge in [-0.3, -0.25) is 0 Å². The van der Waals surface area contributed by atoms with Gasteiger partial charge in [-0.25, -0.2) is 26.0 Å². The summed E-state index contributed by atoms with van der Waals surface area (Å²) in [5.41, 5.74) is -1.24. The van der Waals surface area contributed by atoms with Crippen LogP contribution in [0.2, 0.25) is 0 Å². The lowest BCUT2D eigenvalue weighted by Gasteiger charge is -2.25. The molecule has 0 aromatic heterocycles. The molecule has 1 aliphatic heterocycles. The number of ether oxygens (including phenoxy) is 1. The number of rotatable bonds is 3. The summed E-state index contributed by atoms with van der Waals surface area (Å²) >= 11 is 0. The molecule has 0 fully saturated rings. The second kappa shape index (κ2) is 6.30. The van der Waals surface area contributed by atoms with Gasteiger partial charge in [0, 0.05) is 23.8 Å². The van der Waals surface area contributed by atoms with E-state index in [1.807, 2.05) is 0 Å². The van der Waals surface area contributed by atoms with Gasteiger partial charge in [0.25, 0.3) is 6.43 Å². The second-order valence-corrected chi connectivity index (χ2v) is 7.60. The highest BCUT2D eigenvalue weighted by atomic mass is 32.2. The zero-order chi connectivity index (χ0) is 18.4. The minimum atomic E-state index is -3.80. The lowest BCUT2D eigenvalue weighted by molar-refractivity contribution is 0.129. The molecule has 4 nitrogen and oxygen atoms in total. The smallest absolute Gasteiger partial charge is 0.267 e. The van der Waals surface area contributed by atoms with Crippen LogP contribution in [0.15, 0.2) is 35.2 Å². The van der Waals surface area contributed by atoms with Crippen LogP contribution >= 0.6 is 0 Å². The van der Waals surface area contributed by atoms with Crippen molar-refractivity contribution < 1.29 is 35.8 Å². The largest absolute Gasteiger partial charge is 0.457 e. The first-order valence-corrected chi connectivity index (χ1v) is 8.84. The van der Waals surface area contributed by atoms with Crippen LogP contribution in [0.1, 0.15) is 30.1 Å². The molecule has 1 atom stereocenters. The number of alkyl halides is 2. The Morgan fingerprint density at radius 2 is 1.76 bits per heavy atom. The van der Waals surface area contributed by atoms with E-state index in [1.165, 1.54) is 0 Å². The van der Waals surface area contributed by atoms with E-state index < -0.39 is 50.9 Å². The van der Waals surface area contributed by atoms with E-state index in [0.29, 0.717) is 6.07 Å². The van der Waals surface area contributed by atoms with Gasteiger partial charge in [0.2, 0.25) is 0 Å². The van der Waals surface area contributed by atoms with E-state index in [0.717, 1.165) is 24.3 Å². The van der Waals surface area contributed by atoms with Crippen molar-refractivity contribution in [2.45, 2.75) is 23.8 Å². The molecule has 2 aromatic rings.